The fraction of sp³-hybridized carbons (Fsp3) is 0. The van der Waals surface area contributed by atoms with Crippen LogP contribution in [0.15, 0.2) is 0 Å². The van der Waals surface area contributed by atoms with Gasteiger partial charge in [0.05, 0.1) is 0 Å². The molecule has 0 aromatic carbocycles. The Morgan fingerprint density at radius 1 is 1.20 bits per heavy atom. The van der Waals surface area contributed by atoms with Crippen molar-refractivity contribution >= 4 is 40.4 Å². The van der Waals surface area contributed by atoms with E-state index in [-0.39, 0.29) is 102 Å². The minimum atomic E-state index is 0. The van der Waals surface area contributed by atoms with Crippen LogP contribution in [0, 0.1) is 0 Å². The molecule has 0 aliphatic carbocycles. The SMILES string of the molecule is [Ag].[Al].[Cu].[H-].[H-].[Mg+2].[Zn]. The van der Waals surface area contributed by atoms with Crippen molar-refractivity contribution in [1.29, 1.82) is 0 Å². The average Bonchev–Trinajstić information content (AvgIpc) is 0. The Hall–Kier alpha value is 3.18. The van der Waals surface area contributed by atoms with Crippen molar-refractivity contribution in [2.45, 2.75) is 0 Å². The van der Waals surface area contributed by atoms with Gasteiger partial charge < -0.3 is 2.85 Å². The molecule has 0 bridgehead atoms. The zero-order chi connectivity index (χ0) is 0. The van der Waals surface area contributed by atoms with E-state index in [0.29, 0.717) is 0 Å². The van der Waals surface area contributed by atoms with Gasteiger partial charge in [-0.15, -0.1) is 0 Å². The van der Waals surface area contributed by atoms with E-state index in [1.807, 2.05) is 0 Å². The number of hydrogen-bond donors (Lipinski definition) is 0. The maximum absolute atomic E-state index is 0. The molecule has 5 heavy (non-hydrogen) atoms. The second kappa shape index (κ2) is 27.1. The van der Waals surface area contributed by atoms with E-state index in [2.05, 4.69) is 0 Å². The summed E-state index contributed by atoms with van der Waals surface area (Å²) >= 11 is 0. The molecule has 31 valence electrons. The molecule has 0 fully saturated rings. The molecule has 0 nitrogen and oxygen atoms in total. The summed E-state index contributed by atoms with van der Waals surface area (Å²) in [6.07, 6.45) is 0. The van der Waals surface area contributed by atoms with Gasteiger partial charge in [-0.2, -0.15) is 0 Å². The van der Waals surface area contributed by atoms with Gasteiger partial charge in [-0.25, -0.2) is 0 Å². The summed E-state index contributed by atoms with van der Waals surface area (Å²) in [5.41, 5.74) is 0. The molecule has 0 saturated heterocycles. The quantitative estimate of drug-likeness (QED) is 0.526. The molecular formula is H2AgAlCuMgZn. The summed E-state index contributed by atoms with van der Waals surface area (Å²) in [6, 6.07) is 0. The van der Waals surface area contributed by atoms with Crippen LogP contribution in [-0.2, 0) is 58.9 Å². The zero-order valence-electron chi connectivity index (χ0n) is 4.59. The maximum Gasteiger partial charge on any atom is 2.00 e. The summed E-state index contributed by atoms with van der Waals surface area (Å²) in [7, 11) is 0. The summed E-state index contributed by atoms with van der Waals surface area (Å²) < 4.78 is 0. The fourth-order valence-electron chi connectivity index (χ4n) is 0. The summed E-state index contributed by atoms with van der Waals surface area (Å²) in [6.45, 7) is 0. The van der Waals surface area contributed by atoms with Crippen molar-refractivity contribution in [1.82, 2.24) is 0 Å². The van der Waals surface area contributed by atoms with Gasteiger partial charge in [0, 0.05) is 76.3 Å². The van der Waals surface area contributed by atoms with Crippen LogP contribution in [0.5, 0.6) is 0 Å². The van der Waals surface area contributed by atoms with Gasteiger partial charge in [0.25, 0.3) is 0 Å². The van der Waals surface area contributed by atoms with Crippen LogP contribution >= 0.6 is 0 Å². The van der Waals surface area contributed by atoms with Gasteiger partial charge in [-0.05, 0) is 0 Å². The molecule has 5 heteroatoms. The van der Waals surface area contributed by atoms with Gasteiger partial charge in [0.2, 0.25) is 0 Å². The van der Waals surface area contributed by atoms with Gasteiger partial charge in [-0.1, -0.05) is 0 Å². The first-order valence-corrected chi connectivity index (χ1v) is 0. The van der Waals surface area contributed by atoms with Crippen molar-refractivity contribution in [3.63, 3.8) is 0 Å². The molecule has 0 aromatic rings. The molecule has 0 N–H and O–H groups in total. The van der Waals surface area contributed by atoms with E-state index in [9.17, 15) is 0 Å². The van der Waals surface area contributed by atoms with Crippen LogP contribution in [0.3, 0.4) is 0 Å². The molecule has 0 saturated carbocycles. The minimum Gasteiger partial charge on any atom is -1.00 e. The largest absolute Gasteiger partial charge is 2.00 e. The number of hydrogen-bond acceptors (Lipinski definition) is 0. The molecular weight excluding hydrogens is 288 g/mol. The van der Waals surface area contributed by atoms with E-state index in [0.717, 1.165) is 0 Å². The van der Waals surface area contributed by atoms with E-state index in [1.165, 1.54) is 0 Å². The van der Waals surface area contributed by atoms with Crippen molar-refractivity contribution < 1.29 is 61.8 Å². The van der Waals surface area contributed by atoms with Gasteiger partial charge in [0.1, 0.15) is 0 Å². The summed E-state index contributed by atoms with van der Waals surface area (Å²) in [4.78, 5) is 0. The first-order chi connectivity index (χ1) is 0. The van der Waals surface area contributed by atoms with E-state index >= 15 is 0 Å². The second-order valence-corrected chi connectivity index (χ2v) is 0. The Morgan fingerprint density at radius 2 is 1.20 bits per heavy atom. The molecule has 0 amide bonds. The molecule has 0 aromatic heterocycles. The van der Waals surface area contributed by atoms with Crippen LogP contribution in [0.1, 0.15) is 2.85 Å². The first-order valence-electron chi connectivity index (χ1n) is 0. The molecule has 0 aliphatic heterocycles. The molecule has 5 radical (unpaired) electrons. The topological polar surface area (TPSA) is 0 Å². The third-order valence-electron chi connectivity index (χ3n) is 0. The zero-order valence-corrected chi connectivity index (χ0v) is 10.6. The van der Waals surface area contributed by atoms with E-state index in [1.54, 1.807) is 0 Å². The fourth-order valence-corrected chi connectivity index (χ4v) is 0. The molecule has 0 heterocycles. The Kier molecular flexibility index (Phi) is 226. The predicted octanol–water partition coefficient (Wildman–Crippen LogP) is -0.544. The third-order valence-corrected chi connectivity index (χ3v) is 0. The Morgan fingerprint density at radius 3 is 1.20 bits per heavy atom. The Labute approximate surface area is 101 Å². The van der Waals surface area contributed by atoms with Crippen molar-refractivity contribution in [2.75, 3.05) is 0 Å². The maximum atomic E-state index is 0. The average molecular weight is 290 g/mol. The number of rotatable bonds is 0. The molecule has 0 aliphatic rings. The van der Waals surface area contributed by atoms with Gasteiger partial charge in [-0.3, -0.25) is 0 Å². The molecule has 0 spiro atoms. The van der Waals surface area contributed by atoms with Crippen LogP contribution in [0.4, 0.5) is 0 Å². The van der Waals surface area contributed by atoms with Gasteiger partial charge in [0.15, 0.2) is 0 Å². The van der Waals surface area contributed by atoms with Crippen LogP contribution in [0.25, 0.3) is 0 Å². The van der Waals surface area contributed by atoms with Crippen molar-refractivity contribution in [3.05, 3.63) is 0 Å². The monoisotopic (exact) mass is 287 g/mol. The van der Waals surface area contributed by atoms with Crippen molar-refractivity contribution in [3.8, 4) is 0 Å². The van der Waals surface area contributed by atoms with E-state index in [4.69, 9.17) is 0 Å². The first kappa shape index (κ1) is 41.7. The Balaban J connectivity index is 0. The standard InChI is InChI=1S/Ag.Al.Cu.Mg.Zn.2H/q;;;+2;;2*-1. The van der Waals surface area contributed by atoms with Crippen molar-refractivity contribution in [2.24, 2.45) is 0 Å². The van der Waals surface area contributed by atoms with Crippen LogP contribution in [-0.4, -0.2) is 40.4 Å². The molecule has 0 rings (SSSR count). The predicted molar refractivity (Wildman–Crippen MR) is 13.7 cm³/mol. The minimum absolute atomic E-state index is 0. The summed E-state index contributed by atoms with van der Waals surface area (Å²) in [5, 5.41) is 0. The van der Waals surface area contributed by atoms with E-state index < -0.39 is 0 Å². The van der Waals surface area contributed by atoms with Crippen LogP contribution in [0.2, 0.25) is 0 Å². The van der Waals surface area contributed by atoms with Gasteiger partial charge >= 0.3 is 23.1 Å². The van der Waals surface area contributed by atoms with Crippen LogP contribution < -0.4 is 0 Å². The molecule has 0 unspecified atom stereocenters. The third kappa shape index (κ3) is 19.0. The Bertz CT molecular complexity index is 17.7. The molecule has 0 atom stereocenters. The second-order valence-electron chi connectivity index (χ2n) is 0. The normalized spacial score (nSPS) is 0. The smallest absolute Gasteiger partial charge is 1.00 e. The summed E-state index contributed by atoms with van der Waals surface area (Å²) in [5.74, 6) is 0.